The van der Waals surface area contributed by atoms with Crippen LogP contribution in [-0.4, -0.2) is 13.0 Å². The molecule has 3 aromatic rings. The summed E-state index contributed by atoms with van der Waals surface area (Å²) in [7, 11) is -4.27. The second-order valence-corrected chi connectivity index (χ2v) is 6.63. The normalized spacial score (nSPS) is 11.0. The van der Waals surface area contributed by atoms with E-state index in [0.717, 1.165) is 11.1 Å². The van der Waals surface area contributed by atoms with E-state index in [-0.39, 0.29) is 4.90 Å². The van der Waals surface area contributed by atoms with Crippen LogP contribution in [0.3, 0.4) is 0 Å². The van der Waals surface area contributed by atoms with E-state index in [1.54, 1.807) is 28.1 Å². The Bertz CT molecular complexity index is 840. The number of nitrogen functional groups attached to an aromatic ring is 1. The van der Waals surface area contributed by atoms with Gasteiger partial charge >= 0.3 is 0 Å². The molecule has 1 aromatic heterocycles. The van der Waals surface area contributed by atoms with Gasteiger partial charge in [0, 0.05) is 6.07 Å². The van der Waals surface area contributed by atoms with Crippen LogP contribution >= 0.6 is 11.3 Å². The molecule has 0 amide bonds. The Morgan fingerprint density at radius 2 is 1.71 bits per heavy atom. The number of nitrogens with zero attached hydrogens (tertiary/aromatic N) is 1. The van der Waals surface area contributed by atoms with Crippen molar-refractivity contribution in [1.82, 2.24) is 0 Å². The van der Waals surface area contributed by atoms with Gasteiger partial charge in [0.25, 0.3) is 11.0 Å². The fourth-order valence-electron chi connectivity index (χ4n) is 1.65. The van der Waals surface area contributed by atoms with Gasteiger partial charge in [-0.15, -0.1) is 0 Å². The smallest absolute Gasteiger partial charge is 0.255 e. The van der Waals surface area contributed by atoms with Crippen LogP contribution in [0.1, 0.15) is 5.56 Å². The van der Waals surface area contributed by atoms with Crippen molar-refractivity contribution in [3.05, 3.63) is 59.6 Å². The third-order valence-electron chi connectivity index (χ3n) is 2.75. The molecule has 0 aliphatic heterocycles. The fraction of sp³-hybridized carbons (Fsp3) is 0.0714. The van der Waals surface area contributed by atoms with Crippen molar-refractivity contribution in [2.45, 2.75) is 11.8 Å². The van der Waals surface area contributed by atoms with Crippen molar-refractivity contribution in [2.75, 3.05) is 5.84 Å². The zero-order chi connectivity index (χ0) is 15.5. The maximum Gasteiger partial charge on any atom is 0.255 e. The molecule has 1 heterocycles. The Hall–Kier alpha value is -1.96. The van der Waals surface area contributed by atoms with Crippen molar-refractivity contribution in [3.8, 4) is 0 Å². The van der Waals surface area contributed by atoms with E-state index >= 15 is 0 Å². The molecule has 3 rings (SSSR count). The molecule has 0 radical (unpaired) electrons. The molecular weight excluding hydrogens is 308 g/mol. The summed E-state index contributed by atoms with van der Waals surface area (Å²) in [5.41, 5.74) is 3.91. The molecule has 5 nitrogen and oxygen atoms in total. The first-order valence-electron chi connectivity index (χ1n) is 6.03. The summed E-state index contributed by atoms with van der Waals surface area (Å²) in [4.78, 5) is -0.178. The Morgan fingerprint density at radius 3 is 2.29 bits per heavy atom. The number of nitrogens with two attached hydrogens (primary N) is 1. The Balaban J connectivity index is 0.000000154. The molecule has 0 saturated heterocycles. The predicted octanol–water partition coefficient (Wildman–Crippen LogP) is 1.80. The van der Waals surface area contributed by atoms with E-state index in [1.165, 1.54) is 16.8 Å². The summed E-state index contributed by atoms with van der Waals surface area (Å²) >= 11 is 1.65. The first-order chi connectivity index (χ1) is 9.88. The van der Waals surface area contributed by atoms with Crippen LogP contribution in [0.2, 0.25) is 0 Å². The van der Waals surface area contributed by atoms with Crippen LogP contribution < -0.4 is 10.5 Å². The van der Waals surface area contributed by atoms with Gasteiger partial charge in [0.1, 0.15) is 14.8 Å². The van der Waals surface area contributed by atoms with Crippen molar-refractivity contribution in [2.24, 2.45) is 0 Å². The molecule has 0 saturated carbocycles. The van der Waals surface area contributed by atoms with Gasteiger partial charge in [0.05, 0.1) is 4.90 Å². The number of thiazole rings is 1. The Kier molecular flexibility index (Phi) is 4.56. The maximum absolute atomic E-state index is 10.4. The van der Waals surface area contributed by atoms with Crippen LogP contribution in [0.25, 0.3) is 10.2 Å². The third-order valence-corrected chi connectivity index (χ3v) is 4.53. The molecule has 110 valence electrons. The molecule has 0 unspecified atom stereocenters. The highest BCUT2D eigenvalue weighted by molar-refractivity contribution is 7.85. The molecule has 0 bridgehead atoms. The minimum Gasteiger partial charge on any atom is -0.744 e. The molecule has 0 aliphatic carbocycles. The highest BCUT2D eigenvalue weighted by Crippen LogP contribution is 2.13. The lowest BCUT2D eigenvalue weighted by Gasteiger charge is -2.05. The van der Waals surface area contributed by atoms with Crippen molar-refractivity contribution < 1.29 is 17.6 Å². The molecule has 0 atom stereocenters. The highest BCUT2D eigenvalue weighted by atomic mass is 32.2. The minimum atomic E-state index is -4.27. The number of benzene rings is 2. The number of fused-ring (bicyclic) bond motifs is 1. The fourth-order valence-corrected chi connectivity index (χ4v) is 2.91. The summed E-state index contributed by atoms with van der Waals surface area (Å²) in [6.07, 6.45) is 0. The van der Waals surface area contributed by atoms with E-state index in [1.807, 2.05) is 30.6 Å². The summed E-state index contributed by atoms with van der Waals surface area (Å²) in [6.45, 7) is 1.82. The lowest BCUT2D eigenvalue weighted by molar-refractivity contribution is -0.606. The van der Waals surface area contributed by atoms with Crippen LogP contribution in [-0.2, 0) is 10.1 Å². The molecule has 0 spiro atoms. The zero-order valence-corrected chi connectivity index (χ0v) is 12.9. The Labute approximate surface area is 127 Å². The van der Waals surface area contributed by atoms with Gasteiger partial charge in [-0.2, -0.15) is 0 Å². The van der Waals surface area contributed by atoms with Crippen LogP contribution in [0.5, 0.6) is 0 Å². The largest absolute Gasteiger partial charge is 0.744 e. The van der Waals surface area contributed by atoms with Gasteiger partial charge in [-0.1, -0.05) is 45.8 Å². The first-order valence-corrected chi connectivity index (χ1v) is 8.32. The Morgan fingerprint density at radius 1 is 1.10 bits per heavy atom. The molecule has 0 aliphatic rings. The molecule has 21 heavy (non-hydrogen) atoms. The summed E-state index contributed by atoms with van der Waals surface area (Å²) in [5.74, 6) is 5.60. The lowest BCUT2D eigenvalue weighted by atomic mass is 10.2. The standard InChI is InChI=1S/C7H7N2S.C7H8O3S/c8-9-5-10-7-4-2-1-3-6(7)9;1-6-2-4-7(5-3-6)11(8,9)10/h1-5H,8H2;2-5H,1H3,(H,8,9,10)/q+1;/p-1. The lowest BCUT2D eigenvalue weighted by Crippen LogP contribution is -2.42. The quantitative estimate of drug-likeness (QED) is 0.420. The van der Waals surface area contributed by atoms with Crippen molar-refractivity contribution in [1.29, 1.82) is 0 Å². The monoisotopic (exact) mass is 322 g/mol. The van der Waals surface area contributed by atoms with E-state index in [0.29, 0.717) is 0 Å². The van der Waals surface area contributed by atoms with E-state index in [9.17, 15) is 13.0 Å². The molecule has 2 aromatic carbocycles. The third kappa shape index (κ3) is 4.01. The maximum atomic E-state index is 10.4. The summed E-state index contributed by atoms with van der Waals surface area (Å²) < 4.78 is 34.0. The van der Waals surface area contributed by atoms with Gasteiger partial charge in [-0.05, 0) is 25.1 Å². The SMILES string of the molecule is Cc1ccc(S(=O)(=O)[O-])cc1.N[n+]1csc2ccccc21. The summed E-state index contributed by atoms with van der Waals surface area (Å²) in [6, 6.07) is 13.8. The van der Waals surface area contributed by atoms with E-state index in [4.69, 9.17) is 5.84 Å². The van der Waals surface area contributed by atoms with Crippen LogP contribution in [0, 0.1) is 6.92 Å². The second kappa shape index (κ2) is 6.21. The predicted molar refractivity (Wildman–Crippen MR) is 81.3 cm³/mol. The first kappa shape index (κ1) is 15.4. The topological polar surface area (TPSA) is 87.1 Å². The van der Waals surface area contributed by atoms with Crippen molar-refractivity contribution in [3.63, 3.8) is 0 Å². The minimum absolute atomic E-state index is 0.178. The number of para-hydroxylation sites is 1. The highest BCUT2D eigenvalue weighted by Gasteiger charge is 2.05. The molecule has 0 fully saturated rings. The summed E-state index contributed by atoms with van der Waals surface area (Å²) in [5, 5.41) is 0. The average Bonchev–Trinajstić information content (AvgIpc) is 2.81. The molecule has 7 heteroatoms. The van der Waals surface area contributed by atoms with Gasteiger partial charge < -0.3 is 4.55 Å². The number of aromatic nitrogens is 1. The number of rotatable bonds is 1. The van der Waals surface area contributed by atoms with Gasteiger partial charge in [0.2, 0.25) is 0 Å². The number of hydrogen-bond acceptors (Lipinski definition) is 5. The van der Waals surface area contributed by atoms with Crippen LogP contribution in [0.4, 0.5) is 0 Å². The van der Waals surface area contributed by atoms with E-state index in [2.05, 4.69) is 6.07 Å². The van der Waals surface area contributed by atoms with Gasteiger partial charge in [-0.25, -0.2) is 14.3 Å². The number of aryl methyl sites for hydroxylation is 1. The van der Waals surface area contributed by atoms with Gasteiger partial charge in [-0.3, -0.25) is 0 Å². The molecular formula is C14H14N2O3S2. The van der Waals surface area contributed by atoms with Crippen molar-refractivity contribution >= 4 is 31.7 Å². The van der Waals surface area contributed by atoms with Gasteiger partial charge in [0.15, 0.2) is 0 Å². The number of hydrogen-bond donors (Lipinski definition) is 1. The van der Waals surface area contributed by atoms with Crippen LogP contribution in [0.15, 0.2) is 58.9 Å². The second-order valence-electron chi connectivity index (χ2n) is 4.37. The molecule has 2 N–H and O–H groups in total. The van der Waals surface area contributed by atoms with E-state index < -0.39 is 10.1 Å². The zero-order valence-electron chi connectivity index (χ0n) is 11.3. The average molecular weight is 322 g/mol.